The van der Waals surface area contributed by atoms with E-state index in [4.69, 9.17) is 14.6 Å². The van der Waals surface area contributed by atoms with E-state index in [1.807, 2.05) is 18.2 Å². The van der Waals surface area contributed by atoms with Gasteiger partial charge in [-0.05, 0) is 67.4 Å². The van der Waals surface area contributed by atoms with E-state index >= 15 is 0 Å². The third-order valence-electron chi connectivity index (χ3n) is 5.87. The molecule has 3 aromatic rings. The molecule has 0 fully saturated rings. The maximum absolute atomic E-state index is 6.51. The van der Waals surface area contributed by atoms with E-state index in [2.05, 4.69) is 77.3 Å². The van der Waals surface area contributed by atoms with Crippen molar-refractivity contribution in [2.24, 2.45) is 5.10 Å². The van der Waals surface area contributed by atoms with Crippen LogP contribution >= 0.6 is 15.9 Å². The van der Waals surface area contributed by atoms with Crippen LogP contribution < -0.4 is 9.47 Å². The van der Waals surface area contributed by atoms with Gasteiger partial charge in [-0.1, -0.05) is 39.7 Å². The Morgan fingerprint density at radius 1 is 1.00 bits per heavy atom. The van der Waals surface area contributed by atoms with Crippen molar-refractivity contribution in [2.75, 3.05) is 7.11 Å². The van der Waals surface area contributed by atoms with Crippen molar-refractivity contribution < 1.29 is 9.47 Å². The average molecular weight is 463 g/mol. The van der Waals surface area contributed by atoms with Crippen molar-refractivity contribution in [3.05, 3.63) is 93.0 Å². The number of nitrogens with zero attached hydrogens (tertiary/aromatic N) is 2. The normalized spacial score (nSPS) is 19.6. The minimum atomic E-state index is -0.250. The molecule has 3 aromatic carbocycles. The van der Waals surface area contributed by atoms with Gasteiger partial charge in [0.25, 0.3) is 0 Å². The molecule has 0 saturated heterocycles. The molecule has 152 valence electrons. The van der Waals surface area contributed by atoms with Crippen LogP contribution in [0.4, 0.5) is 0 Å². The first kappa shape index (κ1) is 19.2. The summed E-state index contributed by atoms with van der Waals surface area (Å²) in [6.45, 7) is 4.26. The van der Waals surface area contributed by atoms with Crippen LogP contribution in [0.15, 0.2) is 70.2 Å². The lowest BCUT2D eigenvalue weighted by Crippen LogP contribution is -2.34. The van der Waals surface area contributed by atoms with Crippen molar-refractivity contribution >= 4 is 21.6 Å². The summed E-state index contributed by atoms with van der Waals surface area (Å²) in [5, 5.41) is 7.19. The van der Waals surface area contributed by atoms with E-state index in [1.165, 1.54) is 11.1 Å². The van der Waals surface area contributed by atoms with Gasteiger partial charge in [-0.2, -0.15) is 5.10 Å². The van der Waals surface area contributed by atoms with Crippen LogP contribution in [0, 0.1) is 13.8 Å². The number of hydrazone groups is 1. The third-order valence-corrected chi connectivity index (χ3v) is 6.36. The molecule has 2 aliphatic heterocycles. The Morgan fingerprint density at radius 2 is 1.80 bits per heavy atom. The first-order valence-electron chi connectivity index (χ1n) is 10.1. The number of hydrogen-bond donors (Lipinski definition) is 0. The van der Waals surface area contributed by atoms with Gasteiger partial charge >= 0.3 is 0 Å². The summed E-state index contributed by atoms with van der Waals surface area (Å²) in [7, 11) is 1.68. The van der Waals surface area contributed by atoms with Gasteiger partial charge in [-0.3, -0.25) is 0 Å². The predicted octanol–water partition coefficient (Wildman–Crippen LogP) is 6.32. The SMILES string of the molecule is COc1ccc(C2=NN3C(C2)c2cc(Br)ccc2OC3c2ccc(C)cc2C)cc1. The van der Waals surface area contributed by atoms with E-state index in [0.717, 1.165) is 44.8 Å². The molecule has 5 rings (SSSR count). The fourth-order valence-corrected chi connectivity index (χ4v) is 4.70. The van der Waals surface area contributed by atoms with Crippen LogP contribution in [0.2, 0.25) is 0 Å². The van der Waals surface area contributed by atoms with Gasteiger partial charge < -0.3 is 9.47 Å². The lowest BCUT2D eigenvalue weighted by molar-refractivity contribution is -0.0194. The summed E-state index contributed by atoms with van der Waals surface area (Å²) >= 11 is 3.62. The van der Waals surface area contributed by atoms with Crippen LogP contribution in [0.1, 0.15) is 46.5 Å². The monoisotopic (exact) mass is 462 g/mol. The van der Waals surface area contributed by atoms with E-state index in [0.29, 0.717) is 0 Å². The molecule has 30 heavy (non-hydrogen) atoms. The van der Waals surface area contributed by atoms with Crippen LogP contribution in [0.5, 0.6) is 11.5 Å². The molecule has 2 atom stereocenters. The van der Waals surface area contributed by atoms with Crippen LogP contribution in [-0.2, 0) is 0 Å². The second-order valence-electron chi connectivity index (χ2n) is 7.89. The van der Waals surface area contributed by atoms with Crippen molar-refractivity contribution in [1.82, 2.24) is 5.01 Å². The molecular formula is C25H23BrN2O2. The van der Waals surface area contributed by atoms with Crippen LogP contribution in [-0.4, -0.2) is 17.8 Å². The Balaban J connectivity index is 1.59. The van der Waals surface area contributed by atoms with E-state index < -0.39 is 0 Å². The number of benzene rings is 3. The highest BCUT2D eigenvalue weighted by atomic mass is 79.9. The molecule has 0 bridgehead atoms. The minimum Gasteiger partial charge on any atom is -0.497 e. The molecule has 0 amide bonds. The number of ether oxygens (including phenoxy) is 2. The van der Waals surface area contributed by atoms with Gasteiger partial charge in [0, 0.05) is 22.0 Å². The first-order chi connectivity index (χ1) is 14.5. The van der Waals surface area contributed by atoms with Gasteiger partial charge in [-0.15, -0.1) is 0 Å². The van der Waals surface area contributed by atoms with Crippen molar-refractivity contribution in [3.8, 4) is 11.5 Å². The molecule has 0 aromatic heterocycles. The minimum absolute atomic E-state index is 0.133. The predicted molar refractivity (Wildman–Crippen MR) is 122 cm³/mol. The molecule has 2 unspecified atom stereocenters. The summed E-state index contributed by atoms with van der Waals surface area (Å²) in [5.74, 6) is 1.77. The third kappa shape index (κ3) is 3.27. The molecule has 2 heterocycles. The summed E-state index contributed by atoms with van der Waals surface area (Å²) in [4.78, 5) is 0. The number of halogens is 1. The molecule has 2 aliphatic rings. The molecule has 0 aliphatic carbocycles. The maximum Gasteiger partial charge on any atom is 0.214 e. The lowest BCUT2D eigenvalue weighted by atomic mass is 9.95. The van der Waals surface area contributed by atoms with Gasteiger partial charge in [-0.25, -0.2) is 5.01 Å². The molecule has 0 spiro atoms. The Labute approximate surface area is 185 Å². The zero-order valence-corrected chi connectivity index (χ0v) is 18.8. The van der Waals surface area contributed by atoms with E-state index in [9.17, 15) is 0 Å². The second-order valence-corrected chi connectivity index (χ2v) is 8.80. The van der Waals surface area contributed by atoms with Crippen molar-refractivity contribution in [1.29, 1.82) is 0 Å². The maximum atomic E-state index is 6.51. The van der Waals surface area contributed by atoms with Crippen molar-refractivity contribution in [2.45, 2.75) is 32.5 Å². The molecular weight excluding hydrogens is 440 g/mol. The van der Waals surface area contributed by atoms with Crippen LogP contribution in [0.3, 0.4) is 0 Å². The van der Waals surface area contributed by atoms with Gasteiger partial charge in [0.1, 0.15) is 11.5 Å². The Kier molecular flexibility index (Phi) is 4.78. The van der Waals surface area contributed by atoms with E-state index in [-0.39, 0.29) is 12.3 Å². The standard InChI is InChI=1S/C25H23BrN2O2/c1-15-4-10-20(16(2)12-15)25-28-23(21-13-18(26)7-11-24(21)30-25)14-22(27-28)17-5-8-19(29-3)9-6-17/h4-13,23,25H,14H2,1-3H3. The summed E-state index contributed by atoms with van der Waals surface area (Å²) in [6, 6.07) is 21.0. The molecule has 0 saturated carbocycles. The number of aryl methyl sites for hydroxylation is 2. The Hall–Kier alpha value is -2.79. The summed E-state index contributed by atoms with van der Waals surface area (Å²) < 4.78 is 12.9. The fraction of sp³-hybridized carbons (Fsp3) is 0.240. The van der Waals surface area contributed by atoms with Crippen LogP contribution in [0.25, 0.3) is 0 Å². The van der Waals surface area contributed by atoms with Gasteiger partial charge in [0.05, 0.1) is 18.9 Å². The number of hydrogen-bond acceptors (Lipinski definition) is 4. The topological polar surface area (TPSA) is 34.1 Å². The second kappa shape index (κ2) is 7.47. The highest BCUT2D eigenvalue weighted by Gasteiger charge is 2.41. The van der Waals surface area contributed by atoms with Crippen molar-refractivity contribution in [3.63, 3.8) is 0 Å². The molecule has 5 heteroatoms. The van der Waals surface area contributed by atoms with E-state index in [1.54, 1.807) is 7.11 Å². The molecule has 0 radical (unpaired) electrons. The zero-order valence-electron chi connectivity index (χ0n) is 17.2. The Morgan fingerprint density at radius 3 is 2.53 bits per heavy atom. The Bertz CT molecular complexity index is 1140. The largest absolute Gasteiger partial charge is 0.497 e. The average Bonchev–Trinajstić information content (AvgIpc) is 3.19. The quantitative estimate of drug-likeness (QED) is 0.456. The first-order valence-corrected chi connectivity index (χ1v) is 10.9. The number of rotatable bonds is 3. The number of fused-ring (bicyclic) bond motifs is 3. The summed E-state index contributed by atoms with van der Waals surface area (Å²) in [6.07, 6.45) is 0.584. The highest BCUT2D eigenvalue weighted by molar-refractivity contribution is 9.10. The highest BCUT2D eigenvalue weighted by Crippen LogP contribution is 2.48. The molecule has 0 N–H and O–H groups in total. The lowest BCUT2D eigenvalue weighted by Gasteiger charge is -2.38. The number of methoxy groups -OCH3 is 1. The summed E-state index contributed by atoms with van der Waals surface area (Å²) in [5.41, 5.74) is 6.95. The molecule has 4 nitrogen and oxygen atoms in total. The zero-order chi connectivity index (χ0) is 20.8. The smallest absolute Gasteiger partial charge is 0.214 e. The fourth-order valence-electron chi connectivity index (χ4n) is 4.32. The van der Waals surface area contributed by atoms with Gasteiger partial charge in [0.2, 0.25) is 6.23 Å². The van der Waals surface area contributed by atoms with Gasteiger partial charge in [0.15, 0.2) is 0 Å².